The van der Waals surface area contributed by atoms with Crippen LogP contribution in [-0.2, 0) is 0 Å². The second-order valence-electron chi connectivity index (χ2n) is 2.61. The lowest BCUT2D eigenvalue weighted by Gasteiger charge is -1.92. The molecule has 0 fully saturated rings. The smallest absolute Gasteiger partial charge is 0.0734 e. The molecule has 0 aliphatic rings. The van der Waals surface area contributed by atoms with E-state index in [2.05, 4.69) is 32.9 Å². The van der Waals surface area contributed by atoms with Crippen molar-refractivity contribution in [1.29, 1.82) is 0 Å². The number of oxime groups is 1. The highest BCUT2D eigenvalue weighted by Crippen LogP contribution is 2.01. The van der Waals surface area contributed by atoms with Crippen LogP contribution in [0.25, 0.3) is 0 Å². The average molecular weight is 252 g/mol. The van der Waals surface area contributed by atoms with E-state index < -0.39 is 0 Å². The Morgan fingerprint density at radius 2 is 2.36 bits per heavy atom. The Balaban J connectivity index is 2.79. The number of alkyl halides is 1. The van der Waals surface area contributed by atoms with Gasteiger partial charge in [0, 0.05) is 17.3 Å². The minimum atomic E-state index is 0.832. The summed E-state index contributed by atoms with van der Waals surface area (Å²) in [6, 6.07) is 7.54. The number of hydrogen-bond donors (Lipinski definition) is 1. The fraction of sp³-hybridized carbons (Fsp3) is 0.182. The Hall–Kier alpha value is -1.27. The SMILES string of the molecule is ON=Cc1cccc(C#CCCBr)c1. The maximum absolute atomic E-state index is 8.35. The molecule has 1 aromatic rings. The molecule has 1 N–H and O–H groups in total. The third kappa shape index (κ3) is 3.63. The summed E-state index contributed by atoms with van der Waals surface area (Å²) < 4.78 is 0. The van der Waals surface area contributed by atoms with E-state index in [4.69, 9.17) is 5.21 Å². The van der Waals surface area contributed by atoms with Crippen molar-refractivity contribution in [3.63, 3.8) is 0 Å². The van der Waals surface area contributed by atoms with Crippen LogP contribution in [0.1, 0.15) is 17.5 Å². The van der Waals surface area contributed by atoms with E-state index in [0.717, 1.165) is 22.9 Å². The quantitative estimate of drug-likeness (QED) is 0.283. The maximum atomic E-state index is 8.35. The fourth-order valence-electron chi connectivity index (χ4n) is 0.975. The standard InChI is InChI=1S/C11H10BrNO/c12-7-2-1-4-10-5-3-6-11(8-10)9-13-14/h3,5-6,8-9,14H,2,7H2. The molecule has 0 atom stereocenters. The Kier molecular flexibility index (Phi) is 4.81. The molecule has 1 rings (SSSR count). The molecule has 0 radical (unpaired) electrons. The van der Waals surface area contributed by atoms with Crippen LogP contribution >= 0.6 is 15.9 Å². The number of rotatable bonds is 2. The molecule has 0 saturated heterocycles. The third-order valence-corrected chi connectivity index (χ3v) is 1.94. The molecule has 3 heteroatoms. The highest BCUT2D eigenvalue weighted by molar-refractivity contribution is 9.09. The van der Waals surface area contributed by atoms with E-state index in [1.165, 1.54) is 6.21 Å². The monoisotopic (exact) mass is 251 g/mol. The van der Waals surface area contributed by atoms with Crippen molar-refractivity contribution in [1.82, 2.24) is 0 Å². The van der Waals surface area contributed by atoms with Crippen molar-refractivity contribution in [3.05, 3.63) is 35.4 Å². The molecule has 0 amide bonds. The predicted molar refractivity (Wildman–Crippen MR) is 61.1 cm³/mol. The van der Waals surface area contributed by atoms with E-state index in [0.29, 0.717) is 0 Å². The molecule has 0 bridgehead atoms. The van der Waals surface area contributed by atoms with Gasteiger partial charge < -0.3 is 5.21 Å². The molecule has 0 saturated carbocycles. The summed E-state index contributed by atoms with van der Waals surface area (Å²) >= 11 is 3.31. The number of halogens is 1. The lowest BCUT2D eigenvalue weighted by atomic mass is 10.1. The first-order valence-electron chi connectivity index (χ1n) is 4.19. The fourth-order valence-corrected chi connectivity index (χ4v) is 1.17. The summed E-state index contributed by atoms with van der Waals surface area (Å²) in [5.74, 6) is 6.04. The molecule has 0 spiro atoms. The van der Waals surface area contributed by atoms with Gasteiger partial charge in [0.1, 0.15) is 0 Å². The van der Waals surface area contributed by atoms with Gasteiger partial charge in [0.2, 0.25) is 0 Å². The first kappa shape index (κ1) is 10.8. The van der Waals surface area contributed by atoms with E-state index in [9.17, 15) is 0 Å². The van der Waals surface area contributed by atoms with Gasteiger partial charge in [0.05, 0.1) is 6.21 Å². The van der Waals surface area contributed by atoms with E-state index >= 15 is 0 Å². The summed E-state index contributed by atoms with van der Waals surface area (Å²) in [5, 5.41) is 12.2. The van der Waals surface area contributed by atoms with Crippen molar-refractivity contribution in [3.8, 4) is 11.8 Å². The van der Waals surface area contributed by atoms with Crippen LogP contribution in [0.2, 0.25) is 0 Å². The lowest BCUT2D eigenvalue weighted by molar-refractivity contribution is 0.322. The van der Waals surface area contributed by atoms with Gasteiger partial charge in [-0.05, 0) is 17.7 Å². The van der Waals surface area contributed by atoms with Crippen molar-refractivity contribution >= 4 is 22.1 Å². The van der Waals surface area contributed by atoms with Crippen LogP contribution in [0.3, 0.4) is 0 Å². The number of nitrogens with zero attached hydrogens (tertiary/aromatic N) is 1. The summed E-state index contributed by atoms with van der Waals surface area (Å²) in [6.07, 6.45) is 2.22. The summed E-state index contributed by atoms with van der Waals surface area (Å²) in [6.45, 7) is 0. The molecular formula is C11H10BrNO. The second-order valence-corrected chi connectivity index (χ2v) is 3.40. The van der Waals surface area contributed by atoms with E-state index in [1.807, 2.05) is 24.3 Å². The second kappa shape index (κ2) is 6.22. The molecule has 2 nitrogen and oxygen atoms in total. The van der Waals surface area contributed by atoms with Crippen molar-refractivity contribution in [2.24, 2.45) is 5.16 Å². The molecule has 1 aromatic carbocycles. The van der Waals surface area contributed by atoms with Gasteiger partial charge in [0.25, 0.3) is 0 Å². The van der Waals surface area contributed by atoms with Gasteiger partial charge >= 0.3 is 0 Å². The Labute approximate surface area is 91.8 Å². The van der Waals surface area contributed by atoms with Crippen LogP contribution in [0, 0.1) is 11.8 Å². The zero-order valence-corrected chi connectivity index (χ0v) is 9.16. The molecule has 0 heterocycles. The van der Waals surface area contributed by atoms with Gasteiger partial charge in [-0.2, -0.15) is 0 Å². The first-order chi connectivity index (χ1) is 6.86. The topological polar surface area (TPSA) is 32.6 Å². The zero-order chi connectivity index (χ0) is 10.2. The summed E-state index contributed by atoms with van der Waals surface area (Å²) in [7, 11) is 0. The van der Waals surface area contributed by atoms with Crippen LogP contribution in [0.4, 0.5) is 0 Å². The van der Waals surface area contributed by atoms with Crippen LogP contribution in [-0.4, -0.2) is 16.8 Å². The largest absolute Gasteiger partial charge is 0.411 e. The molecular weight excluding hydrogens is 242 g/mol. The van der Waals surface area contributed by atoms with Gasteiger partial charge in [-0.3, -0.25) is 0 Å². The van der Waals surface area contributed by atoms with Crippen LogP contribution in [0.15, 0.2) is 29.4 Å². The molecule has 0 unspecified atom stereocenters. The highest BCUT2D eigenvalue weighted by atomic mass is 79.9. The van der Waals surface area contributed by atoms with E-state index in [-0.39, 0.29) is 0 Å². The molecule has 0 aliphatic heterocycles. The average Bonchev–Trinajstić information content (AvgIpc) is 2.19. The normalized spacial score (nSPS) is 9.79. The van der Waals surface area contributed by atoms with E-state index in [1.54, 1.807) is 0 Å². The van der Waals surface area contributed by atoms with Gasteiger partial charge in [-0.15, -0.1) is 0 Å². The van der Waals surface area contributed by atoms with Gasteiger partial charge in [0.15, 0.2) is 0 Å². The summed E-state index contributed by atoms with van der Waals surface area (Å²) in [4.78, 5) is 0. The lowest BCUT2D eigenvalue weighted by Crippen LogP contribution is -1.82. The minimum absolute atomic E-state index is 0.832. The highest BCUT2D eigenvalue weighted by Gasteiger charge is 1.89. The summed E-state index contributed by atoms with van der Waals surface area (Å²) in [5.41, 5.74) is 1.78. The van der Waals surface area contributed by atoms with Crippen LogP contribution < -0.4 is 0 Å². The predicted octanol–water partition coefficient (Wildman–Crippen LogP) is 2.63. The zero-order valence-electron chi connectivity index (χ0n) is 7.57. The third-order valence-electron chi connectivity index (χ3n) is 1.55. The minimum Gasteiger partial charge on any atom is -0.411 e. The molecule has 0 aromatic heterocycles. The van der Waals surface area contributed by atoms with Gasteiger partial charge in [-0.25, -0.2) is 0 Å². The van der Waals surface area contributed by atoms with Crippen LogP contribution in [0.5, 0.6) is 0 Å². The molecule has 72 valence electrons. The van der Waals surface area contributed by atoms with Crippen molar-refractivity contribution < 1.29 is 5.21 Å². The molecule has 0 aliphatic carbocycles. The first-order valence-corrected chi connectivity index (χ1v) is 5.31. The van der Waals surface area contributed by atoms with Crippen molar-refractivity contribution in [2.75, 3.05) is 5.33 Å². The Morgan fingerprint density at radius 1 is 1.50 bits per heavy atom. The van der Waals surface area contributed by atoms with Crippen molar-refractivity contribution in [2.45, 2.75) is 6.42 Å². The Bertz CT molecular complexity index is 376. The van der Waals surface area contributed by atoms with Gasteiger partial charge in [-0.1, -0.05) is 45.1 Å². The Morgan fingerprint density at radius 3 is 3.07 bits per heavy atom. The molecule has 14 heavy (non-hydrogen) atoms. The number of benzene rings is 1. The number of hydrogen-bond acceptors (Lipinski definition) is 2. The maximum Gasteiger partial charge on any atom is 0.0734 e.